The highest BCUT2D eigenvalue weighted by molar-refractivity contribution is 7.99. The molecule has 0 aliphatic carbocycles. The molecule has 0 saturated heterocycles. The highest BCUT2D eigenvalue weighted by Crippen LogP contribution is 2.27. The van der Waals surface area contributed by atoms with Crippen molar-refractivity contribution in [2.24, 2.45) is 0 Å². The minimum atomic E-state index is -0.804. The molecular formula is C25H22F2N4O2S. The number of halogens is 2. The molecule has 0 bridgehead atoms. The number of amides is 1. The van der Waals surface area contributed by atoms with Crippen LogP contribution in [0.4, 0.5) is 14.5 Å². The zero-order valence-corrected chi connectivity index (χ0v) is 19.2. The molecule has 34 heavy (non-hydrogen) atoms. The molecule has 0 aliphatic rings. The van der Waals surface area contributed by atoms with Crippen LogP contribution < -0.4 is 10.1 Å². The smallest absolute Gasteiger partial charge is 0.234 e. The van der Waals surface area contributed by atoms with Crippen LogP contribution in [0.5, 0.6) is 5.75 Å². The van der Waals surface area contributed by atoms with E-state index in [1.165, 1.54) is 17.8 Å². The first-order chi connectivity index (χ1) is 16.5. The maximum Gasteiger partial charge on any atom is 0.234 e. The summed E-state index contributed by atoms with van der Waals surface area (Å²) in [5, 5.41) is 13.8. The Morgan fingerprint density at radius 3 is 2.76 bits per heavy atom. The molecule has 174 valence electrons. The highest BCUT2D eigenvalue weighted by atomic mass is 32.2. The lowest BCUT2D eigenvalue weighted by Crippen LogP contribution is -2.16. The van der Waals surface area contributed by atoms with E-state index in [0.29, 0.717) is 17.5 Å². The number of benzene rings is 3. The molecule has 0 aliphatic heterocycles. The molecule has 1 aromatic heterocycles. The number of nitrogens with one attached hydrogen (secondary N) is 1. The number of allylic oxidation sites excluding steroid dienone is 1. The number of aromatic nitrogens is 3. The van der Waals surface area contributed by atoms with E-state index >= 15 is 0 Å². The van der Waals surface area contributed by atoms with Crippen LogP contribution in [0.25, 0.3) is 10.8 Å². The van der Waals surface area contributed by atoms with Crippen molar-refractivity contribution < 1.29 is 18.3 Å². The number of ether oxygens (including phenoxy) is 1. The molecule has 6 nitrogen and oxygen atoms in total. The Kier molecular flexibility index (Phi) is 7.22. The molecule has 4 rings (SSSR count). The summed E-state index contributed by atoms with van der Waals surface area (Å²) in [6, 6.07) is 16.7. The third-order valence-corrected chi connectivity index (χ3v) is 5.98. The van der Waals surface area contributed by atoms with Gasteiger partial charge in [-0.1, -0.05) is 54.2 Å². The molecule has 1 heterocycles. The first kappa shape index (κ1) is 23.4. The van der Waals surface area contributed by atoms with Gasteiger partial charge in [0.05, 0.1) is 5.75 Å². The SMILES string of the molecule is C=CCn1c(SCC(=O)Nc2cccc3ccccc23)nnc1C(C)Oc1ccc(F)cc1F. The summed E-state index contributed by atoms with van der Waals surface area (Å²) in [6.45, 7) is 5.82. The number of thioether (sulfide) groups is 1. The number of carbonyl (C=O) groups is 1. The van der Waals surface area contributed by atoms with Crippen LogP contribution in [0.15, 0.2) is 78.5 Å². The third kappa shape index (κ3) is 5.26. The van der Waals surface area contributed by atoms with Gasteiger partial charge in [-0.25, -0.2) is 8.78 Å². The molecule has 3 aromatic carbocycles. The van der Waals surface area contributed by atoms with E-state index in [-0.39, 0.29) is 17.4 Å². The molecule has 1 amide bonds. The van der Waals surface area contributed by atoms with E-state index in [9.17, 15) is 13.6 Å². The largest absolute Gasteiger partial charge is 0.480 e. The summed E-state index contributed by atoms with van der Waals surface area (Å²) in [7, 11) is 0. The highest BCUT2D eigenvalue weighted by Gasteiger charge is 2.21. The number of anilines is 1. The van der Waals surface area contributed by atoms with Crippen molar-refractivity contribution in [3.63, 3.8) is 0 Å². The Morgan fingerprint density at radius 2 is 1.97 bits per heavy atom. The summed E-state index contributed by atoms with van der Waals surface area (Å²) in [5.41, 5.74) is 0.736. The predicted molar refractivity (Wildman–Crippen MR) is 129 cm³/mol. The van der Waals surface area contributed by atoms with Crippen LogP contribution in [0.2, 0.25) is 0 Å². The van der Waals surface area contributed by atoms with Crippen molar-refractivity contribution in [3.8, 4) is 5.75 Å². The zero-order valence-electron chi connectivity index (χ0n) is 18.4. The van der Waals surface area contributed by atoms with Gasteiger partial charge < -0.3 is 10.1 Å². The van der Waals surface area contributed by atoms with Gasteiger partial charge in [0.1, 0.15) is 5.82 Å². The average Bonchev–Trinajstić information content (AvgIpc) is 3.23. The Hall–Kier alpha value is -3.72. The second-order valence-electron chi connectivity index (χ2n) is 7.44. The lowest BCUT2D eigenvalue weighted by atomic mass is 10.1. The van der Waals surface area contributed by atoms with Crippen molar-refractivity contribution in [3.05, 3.63) is 90.8 Å². The number of fused-ring (bicyclic) bond motifs is 1. The Labute approximate surface area is 199 Å². The maximum absolute atomic E-state index is 14.0. The first-order valence-corrected chi connectivity index (χ1v) is 11.5. The van der Waals surface area contributed by atoms with Gasteiger partial charge in [0.25, 0.3) is 0 Å². The van der Waals surface area contributed by atoms with Crippen LogP contribution in [0.3, 0.4) is 0 Å². The first-order valence-electron chi connectivity index (χ1n) is 10.5. The molecule has 9 heteroatoms. The third-order valence-electron chi connectivity index (χ3n) is 5.01. The summed E-state index contributed by atoms with van der Waals surface area (Å²) >= 11 is 1.22. The predicted octanol–water partition coefficient (Wildman–Crippen LogP) is 5.77. The lowest BCUT2D eigenvalue weighted by molar-refractivity contribution is -0.113. The Balaban J connectivity index is 1.45. The van der Waals surface area contributed by atoms with Crippen molar-refractivity contribution in [1.29, 1.82) is 0 Å². The van der Waals surface area contributed by atoms with Gasteiger partial charge in [0.2, 0.25) is 5.91 Å². The summed E-state index contributed by atoms with van der Waals surface area (Å²) in [6.07, 6.45) is 0.990. The number of rotatable bonds is 9. The molecule has 4 aromatic rings. The van der Waals surface area contributed by atoms with Gasteiger partial charge in [-0.3, -0.25) is 9.36 Å². The van der Waals surface area contributed by atoms with Crippen molar-refractivity contribution in [2.45, 2.75) is 24.7 Å². The molecular weight excluding hydrogens is 458 g/mol. The van der Waals surface area contributed by atoms with Crippen molar-refractivity contribution >= 4 is 34.1 Å². The normalized spacial score (nSPS) is 11.9. The van der Waals surface area contributed by atoms with Crippen LogP contribution in [0, 0.1) is 11.6 Å². The van der Waals surface area contributed by atoms with Gasteiger partial charge in [0.15, 0.2) is 28.7 Å². The minimum Gasteiger partial charge on any atom is -0.480 e. The Bertz CT molecular complexity index is 1340. The van der Waals surface area contributed by atoms with E-state index in [0.717, 1.165) is 28.6 Å². The van der Waals surface area contributed by atoms with Crippen LogP contribution >= 0.6 is 11.8 Å². The van der Waals surface area contributed by atoms with E-state index in [2.05, 4.69) is 22.1 Å². The zero-order chi connectivity index (χ0) is 24.1. The van der Waals surface area contributed by atoms with E-state index in [4.69, 9.17) is 4.74 Å². The van der Waals surface area contributed by atoms with Crippen molar-refractivity contribution in [2.75, 3.05) is 11.1 Å². The van der Waals surface area contributed by atoms with Gasteiger partial charge in [-0.05, 0) is 30.5 Å². The number of nitrogens with zero attached hydrogens (tertiary/aromatic N) is 3. The van der Waals surface area contributed by atoms with Gasteiger partial charge in [-0.2, -0.15) is 0 Å². The standard InChI is InChI=1S/C25H22F2N4O2S/c1-3-13-31-24(16(2)33-22-12-11-18(26)14-20(22)27)29-30-25(31)34-15-23(32)28-21-10-6-8-17-7-4-5-9-19(17)21/h3-12,14,16H,1,13,15H2,2H3,(H,28,32). The van der Waals surface area contributed by atoms with E-state index in [1.54, 1.807) is 17.6 Å². The van der Waals surface area contributed by atoms with E-state index < -0.39 is 17.7 Å². The fraction of sp³-hybridized carbons (Fsp3) is 0.160. The molecule has 0 spiro atoms. The average molecular weight is 481 g/mol. The monoisotopic (exact) mass is 480 g/mol. The number of hydrogen-bond acceptors (Lipinski definition) is 5. The molecule has 0 radical (unpaired) electrons. The second-order valence-corrected chi connectivity index (χ2v) is 8.38. The fourth-order valence-electron chi connectivity index (χ4n) is 3.47. The second kappa shape index (κ2) is 10.5. The minimum absolute atomic E-state index is 0.0919. The molecule has 0 fully saturated rings. The van der Waals surface area contributed by atoms with Gasteiger partial charge in [0, 0.05) is 23.7 Å². The maximum atomic E-state index is 14.0. The van der Waals surface area contributed by atoms with E-state index in [1.807, 2.05) is 42.5 Å². The quantitative estimate of drug-likeness (QED) is 0.243. The Morgan fingerprint density at radius 1 is 1.18 bits per heavy atom. The number of carbonyl (C=O) groups excluding carboxylic acids is 1. The summed E-state index contributed by atoms with van der Waals surface area (Å²) in [5.74, 6) is -1.23. The van der Waals surface area contributed by atoms with Crippen molar-refractivity contribution in [1.82, 2.24) is 14.8 Å². The van der Waals surface area contributed by atoms with Crippen LogP contribution in [-0.4, -0.2) is 26.4 Å². The fourth-order valence-corrected chi connectivity index (χ4v) is 4.23. The summed E-state index contributed by atoms with van der Waals surface area (Å²) < 4.78 is 34.6. The summed E-state index contributed by atoms with van der Waals surface area (Å²) in [4.78, 5) is 12.6. The van der Waals surface area contributed by atoms with Crippen LogP contribution in [0.1, 0.15) is 18.9 Å². The number of hydrogen-bond donors (Lipinski definition) is 1. The molecule has 1 N–H and O–H groups in total. The molecule has 1 unspecified atom stereocenters. The lowest BCUT2D eigenvalue weighted by Gasteiger charge is -2.16. The van der Waals surface area contributed by atoms with Gasteiger partial charge >= 0.3 is 0 Å². The van der Waals surface area contributed by atoms with Gasteiger partial charge in [-0.15, -0.1) is 16.8 Å². The van der Waals surface area contributed by atoms with Crippen LogP contribution in [-0.2, 0) is 11.3 Å². The topological polar surface area (TPSA) is 69.0 Å². The molecule has 0 saturated carbocycles. The molecule has 1 atom stereocenters.